The molecule has 1 atom stereocenters. The maximum atomic E-state index is 13.4. The van der Waals surface area contributed by atoms with Crippen molar-refractivity contribution < 1.29 is 18.7 Å². The summed E-state index contributed by atoms with van der Waals surface area (Å²) in [7, 11) is 4.05. The van der Waals surface area contributed by atoms with Crippen molar-refractivity contribution in [2.75, 3.05) is 69.8 Å². The van der Waals surface area contributed by atoms with Crippen molar-refractivity contribution in [2.24, 2.45) is 0 Å². The van der Waals surface area contributed by atoms with Crippen molar-refractivity contribution >= 4 is 17.3 Å². The number of piperazine rings is 1. The van der Waals surface area contributed by atoms with Crippen LogP contribution in [0.15, 0.2) is 66.7 Å². The van der Waals surface area contributed by atoms with Gasteiger partial charge in [0.2, 0.25) is 0 Å². The van der Waals surface area contributed by atoms with E-state index in [-0.39, 0.29) is 17.8 Å². The minimum Gasteiger partial charge on any atom is -0.490 e. The molecule has 0 aromatic heterocycles. The molecule has 1 heterocycles. The van der Waals surface area contributed by atoms with Gasteiger partial charge in [0.1, 0.15) is 5.82 Å². The van der Waals surface area contributed by atoms with Crippen LogP contribution >= 0.6 is 0 Å². The SMILES string of the molecule is CCOc1ccc(C(=O)NCC(c2ccc(N(C)C)cc2)N2CCN(c3ccc(F)cc3)CC2)cc1OCC. The predicted octanol–water partition coefficient (Wildman–Crippen LogP) is 4.98. The molecule has 1 fully saturated rings. The quantitative estimate of drug-likeness (QED) is 0.375. The van der Waals surface area contributed by atoms with Crippen LogP contribution < -0.4 is 24.6 Å². The molecule has 39 heavy (non-hydrogen) atoms. The molecule has 4 rings (SSSR count). The molecular weight excluding hydrogens is 495 g/mol. The van der Waals surface area contributed by atoms with Crippen LogP contribution in [0, 0.1) is 5.82 Å². The number of halogens is 1. The molecule has 3 aromatic carbocycles. The molecule has 0 radical (unpaired) electrons. The Balaban J connectivity index is 1.49. The summed E-state index contributed by atoms with van der Waals surface area (Å²) in [6.45, 7) is 8.59. The maximum absolute atomic E-state index is 13.4. The third kappa shape index (κ3) is 7.20. The summed E-state index contributed by atoms with van der Waals surface area (Å²) in [6, 6.07) is 20.5. The highest BCUT2D eigenvalue weighted by Gasteiger charge is 2.26. The van der Waals surface area contributed by atoms with E-state index in [4.69, 9.17) is 9.47 Å². The van der Waals surface area contributed by atoms with Gasteiger partial charge in [-0.25, -0.2) is 4.39 Å². The minimum atomic E-state index is -0.227. The van der Waals surface area contributed by atoms with Gasteiger partial charge in [-0.15, -0.1) is 0 Å². The van der Waals surface area contributed by atoms with E-state index in [2.05, 4.69) is 44.3 Å². The lowest BCUT2D eigenvalue weighted by Crippen LogP contribution is -2.50. The van der Waals surface area contributed by atoms with Crippen LogP contribution in [0.5, 0.6) is 11.5 Å². The van der Waals surface area contributed by atoms with E-state index >= 15 is 0 Å². The lowest BCUT2D eigenvalue weighted by atomic mass is 10.0. The zero-order valence-corrected chi connectivity index (χ0v) is 23.3. The molecule has 1 N–H and O–H groups in total. The molecule has 0 aliphatic carbocycles. The summed E-state index contributed by atoms with van der Waals surface area (Å²) in [5.41, 5.74) is 3.83. The van der Waals surface area contributed by atoms with E-state index in [9.17, 15) is 9.18 Å². The Kier molecular flexibility index (Phi) is 9.65. The summed E-state index contributed by atoms with van der Waals surface area (Å²) in [5, 5.41) is 3.16. The van der Waals surface area contributed by atoms with E-state index in [1.165, 1.54) is 12.1 Å². The molecule has 0 saturated carbocycles. The van der Waals surface area contributed by atoms with Crippen LogP contribution in [0.3, 0.4) is 0 Å². The fourth-order valence-electron chi connectivity index (χ4n) is 4.88. The first-order valence-electron chi connectivity index (χ1n) is 13.6. The first-order chi connectivity index (χ1) is 18.9. The zero-order valence-electron chi connectivity index (χ0n) is 23.3. The topological polar surface area (TPSA) is 57.3 Å². The van der Waals surface area contributed by atoms with Crippen LogP contribution in [0.25, 0.3) is 0 Å². The van der Waals surface area contributed by atoms with Gasteiger partial charge >= 0.3 is 0 Å². The number of hydrogen-bond acceptors (Lipinski definition) is 6. The van der Waals surface area contributed by atoms with Crippen molar-refractivity contribution in [3.05, 3.63) is 83.7 Å². The van der Waals surface area contributed by atoms with E-state index in [0.29, 0.717) is 36.8 Å². The summed E-state index contributed by atoms with van der Waals surface area (Å²) < 4.78 is 24.8. The Morgan fingerprint density at radius 1 is 0.897 bits per heavy atom. The van der Waals surface area contributed by atoms with Crippen molar-refractivity contribution in [3.63, 3.8) is 0 Å². The monoisotopic (exact) mass is 534 g/mol. The molecule has 0 bridgehead atoms. The van der Waals surface area contributed by atoms with Crippen molar-refractivity contribution in [1.29, 1.82) is 0 Å². The second-order valence-electron chi connectivity index (χ2n) is 9.74. The Morgan fingerprint density at radius 3 is 2.15 bits per heavy atom. The van der Waals surface area contributed by atoms with Crippen molar-refractivity contribution in [3.8, 4) is 11.5 Å². The molecule has 0 spiro atoms. The largest absolute Gasteiger partial charge is 0.490 e. The molecule has 1 amide bonds. The third-order valence-corrected chi connectivity index (χ3v) is 7.00. The van der Waals surface area contributed by atoms with Crippen LogP contribution in [0.2, 0.25) is 0 Å². The molecule has 1 unspecified atom stereocenters. The van der Waals surface area contributed by atoms with Crippen LogP contribution in [-0.2, 0) is 0 Å². The van der Waals surface area contributed by atoms with E-state index in [1.807, 2.05) is 40.1 Å². The van der Waals surface area contributed by atoms with Crippen LogP contribution in [-0.4, -0.2) is 70.8 Å². The number of anilines is 2. The number of hydrogen-bond donors (Lipinski definition) is 1. The zero-order chi connectivity index (χ0) is 27.8. The first-order valence-corrected chi connectivity index (χ1v) is 13.6. The average molecular weight is 535 g/mol. The highest BCUT2D eigenvalue weighted by atomic mass is 19.1. The Hall–Kier alpha value is -3.78. The van der Waals surface area contributed by atoms with Gasteiger partial charge in [0.25, 0.3) is 5.91 Å². The van der Waals surface area contributed by atoms with E-state index in [1.54, 1.807) is 18.2 Å². The van der Waals surface area contributed by atoms with Gasteiger partial charge in [0, 0.05) is 63.8 Å². The Labute approximate surface area is 231 Å². The van der Waals surface area contributed by atoms with Gasteiger partial charge < -0.3 is 24.6 Å². The standard InChI is InChI=1S/C31H39FN4O3/c1-5-38-29-16-9-24(21-30(29)39-6-2)31(37)33-22-28(23-7-12-26(13-8-23)34(3)4)36-19-17-35(18-20-36)27-14-10-25(32)11-15-27/h7-16,21,28H,5-6,17-20,22H2,1-4H3,(H,33,37). The summed E-state index contributed by atoms with van der Waals surface area (Å²) in [4.78, 5) is 20.0. The van der Waals surface area contributed by atoms with Gasteiger partial charge in [0.05, 0.1) is 19.3 Å². The number of nitrogens with one attached hydrogen (secondary N) is 1. The number of amides is 1. The van der Waals surface area contributed by atoms with Crippen LogP contribution in [0.1, 0.15) is 35.8 Å². The number of rotatable bonds is 11. The molecule has 1 saturated heterocycles. The maximum Gasteiger partial charge on any atom is 0.251 e. The molecule has 1 aliphatic rings. The number of benzene rings is 3. The van der Waals surface area contributed by atoms with Gasteiger partial charge in [-0.2, -0.15) is 0 Å². The van der Waals surface area contributed by atoms with Crippen LogP contribution in [0.4, 0.5) is 15.8 Å². The summed E-state index contributed by atoms with van der Waals surface area (Å²) in [6.07, 6.45) is 0. The second-order valence-corrected chi connectivity index (χ2v) is 9.74. The van der Waals surface area contributed by atoms with E-state index in [0.717, 1.165) is 43.1 Å². The highest BCUT2D eigenvalue weighted by molar-refractivity contribution is 5.94. The lowest BCUT2D eigenvalue weighted by molar-refractivity contribution is 0.0929. The van der Waals surface area contributed by atoms with Gasteiger partial charge in [-0.3, -0.25) is 9.69 Å². The van der Waals surface area contributed by atoms with Crippen molar-refractivity contribution in [2.45, 2.75) is 19.9 Å². The molecule has 8 heteroatoms. The fraction of sp³-hybridized carbons (Fsp3) is 0.387. The molecule has 208 valence electrons. The number of ether oxygens (including phenoxy) is 2. The molecule has 1 aliphatic heterocycles. The van der Waals surface area contributed by atoms with Gasteiger partial charge in [0.15, 0.2) is 11.5 Å². The number of nitrogens with zero attached hydrogens (tertiary/aromatic N) is 3. The Bertz CT molecular complexity index is 1210. The number of carbonyl (C=O) groups excluding carboxylic acids is 1. The minimum absolute atomic E-state index is 0.00888. The normalized spacial score (nSPS) is 14.5. The molecule has 7 nitrogen and oxygen atoms in total. The lowest BCUT2D eigenvalue weighted by Gasteiger charge is -2.40. The van der Waals surface area contributed by atoms with Crippen molar-refractivity contribution in [1.82, 2.24) is 10.2 Å². The summed E-state index contributed by atoms with van der Waals surface area (Å²) in [5.74, 6) is 0.822. The number of carbonyl (C=O) groups is 1. The molecular formula is C31H39FN4O3. The fourth-order valence-corrected chi connectivity index (χ4v) is 4.88. The van der Waals surface area contributed by atoms with Gasteiger partial charge in [-0.1, -0.05) is 12.1 Å². The highest BCUT2D eigenvalue weighted by Crippen LogP contribution is 2.29. The first kappa shape index (κ1) is 28.2. The second kappa shape index (κ2) is 13.3. The smallest absolute Gasteiger partial charge is 0.251 e. The Morgan fingerprint density at radius 2 is 1.54 bits per heavy atom. The average Bonchev–Trinajstić information content (AvgIpc) is 2.95. The van der Waals surface area contributed by atoms with Gasteiger partial charge in [-0.05, 0) is 74.0 Å². The predicted molar refractivity (Wildman–Crippen MR) is 155 cm³/mol. The summed E-state index contributed by atoms with van der Waals surface area (Å²) >= 11 is 0. The van der Waals surface area contributed by atoms with E-state index < -0.39 is 0 Å². The molecule has 3 aromatic rings. The third-order valence-electron chi connectivity index (χ3n) is 7.00.